The van der Waals surface area contributed by atoms with Gasteiger partial charge >= 0.3 is 5.97 Å². The smallest absolute Gasteiger partial charge is 0.313 e. The molecule has 0 unspecified atom stereocenters. The number of hydrogen-bond donors (Lipinski definition) is 0. The number of nitrogens with zero attached hydrogens (tertiary/aromatic N) is 1. The van der Waals surface area contributed by atoms with E-state index < -0.39 is 10.9 Å². The van der Waals surface area contributed by atoms with Crippen LogP contribution in [-0.4, -0.2) is 30.3 Å². The summed E-state index contributed by atoms with van der Waals surface area (Å²) < 4.78 is 4.49. The molecule has 0 aromatic heterocycles. The SMILES string of the molecule is CCOC(=O)CC(C)=O.C[N+](=O)[O-]. The quantitative estimate of drug-likeness (QED) is 0.279. The van der Waals surface area contributed by atoms with Gasteiger partial charge in [-0.05, 0) is 13.8 Å². The van der Waals surface area contributed by atoms with E-state index in [4.69, 9.17) is 10.1 Å². The van der Waals surface area contributed by atoms with E-state index in [1.54, 1.807) is 6.92 Å². The molecule has 6 nitrogen and oxygen atoms in total. The molecule has 0 saturated carbocycles. The predicted octanol–water partition coefficient (Wildman–Crippen LogP) is 0.422. The van der Waals surface area contributed by atoms with Gasteiger partial charge in [-0.25, -0.2) is 0 Å². The first-order valence-electron chi connectivity index (χ1n) is 3.63. The molecule has 0 radical (unpaired) electrons. The van der Waals surface area contributed by atoms with Crippen molar-refractivity contribution in [3.05, 3.63) is 10.1 Å². The van der Waals surface area contributed by atoms with E-state index in [2.05, 4.69) is 4.74 Å². The van der Waals surface area contributed by atoms with Crippen LogP contribution in [0.25, 0.3) is 0 Å². The average molecular weight is 191 g/mol. The molecule has 0 aliphatic carbocycles. The Morgan fingerprint density at radius 3 is 2.08 bits per heavy atom. The Morgan fingerprint density at radius 1 is 1.46 bits per heavy atom. The molecule has 0 heterocycles. The summed E-state index contributed by atoms with van der Waals surface area (Å²) in [6, 6.07) is 0. The van der Waals surface area contributed by atoms with Crippen molar-refractivity contribution in [2.75, 3.05) is 13.7 Å². The zero-order valence-electron chi connectivity index (χ0n) is 7.90. The summed E-state index contributed by atoms with van der Waals surface area (Å²) in [6.45, 7) is 3.40. The van der Waals surface area contributed by atoms with Gasteiger partial charge in [0.15, 0.2) is 7.05 Å². The van der Waals surface area contributed by atoms with Crippen LogP contribution in [0.15, 0.2) is 0 Å². The molecule has 0 fully saturated rings. The number of hydrogen-bond acceptors (Lipinski definition) is 5. The van der Waals surface area contributed by atoms with E-state index in [9.17, 15) is 9.59 Å². The maximum Gasteiger partial charge on any atom is 0.313 e. The van der Waals surface area contributed by atoms with Crippen molar-refractivity contribution in [1.82, 2.24) is 0 Å². The molecule has 0 bridgehead atoms. The second-order valence-corrected chi connectivity index (χ2v) is 2.12. The lowest BCUT2D eigenvalue weighted by Crippen LogP contribution is -2.07. The zero-order valence-corrected chi connectivity index (χ0v) is 7.90. The summed E-state index contributed by atoms with van der Waals surface area (Å²) in [5.74, 6) is -0.599. The van der Waals surface area contributed by atoms with E-state index in [1.807, 2.05) is 0 Å². The maximum atomic E-state index is 10.4. The fourth-order valence-corrected chi connectivity index (χ4v) is 0.415. The molecule has 0 aliphatic heterocycles. The predicted molar refractivity (Wildman–Crippen MR) is 44.8 cm³/mol. The van der Waals surface area contributed by atoms with Crippen molar-refractivity contribution in [2.24, 2.45) is 0 Å². The lowest BCUT2D eigenvalue weighted by Gasteiger charge is -1.96. The van der Waals surface area contributed by atoms with E-state index in [0.29, 0.717) is 6.61 Å². The van der Waals surface area contributed by atoms with Gasteiger partial charge in [-0.1, -0.05) is 0 Å². The molecule has 0 rings (SSSR count). The monoisotopic (exact) mass is 191 g/mol. The first-order valence-corrected chi connectivity index (χ1v) is 3.63. The van der Waals surface area contributed by atoms with Gasteiger partial charge in [0, 0.05) is 4.92 Å². The van der Waals surface area contributed by atoms with Crippen LogP contribution in [0.5, 0.6) is 0 Å². The summed E-state index contributed by atoms with van der Waals surface area (Å²) in [5, 5.41) is 8.81. The molecule has 76 valence electrons. The first-order chi connectivity index (χ1) is 5.90. The van der Waals surface area contributed by atoms with Crippen LogP contribution in [-0.2, 0) is 14.3 Å². The Hall–Kier alpha value is -1.46. The number of nitro groups is 1. The van der Waals surface area contributed by atoms with E-state index in [0.717, 1.165) is 7.05 Å². The molecule has 0 aliphatic rings. The highest BCUT2D eigenvalue weighted by Gasteiger charge is 2.03. The largest absolute Gasteiger partial charge is 0.466 e. The van der Waals surface area contributed by atoms with Crippen molar-refractivity contribution in [1.29, 1.82) is 0 Å². The summed E-state index contributed by atoms with van der Waals surface area (Å²) in [7, 11) is 0.889. The summed E-state index contributed by atoms with van der Waals surface area (Å²) in [6.07, 6.45) is -0.103. The number of carbonyl (C=O) groups is 2. The third-order valence-corrected chi connectivity index (χ3v) is 0.699. The van der Waals surface area contributed by atoms with Crippen molar-refractivity contribution in [3.63, 3.8) is 0 Å². The summed E-state index contributed by atoms with van der Waals surface area (Å²) in [4.78, 5) is 28.9. The lowest BCUT2D eigenvalue weighted by atomic mass is 10.3. The average Bonchev–Trinajstić information content (AvgIpc) is 1.83. The number of ketones is 1. The van der Waals surface area contributed by atoms with Crippen LogP contribution in [0.4, 0.5) is 0 Å². The molecular weight excluding hydrogens is 178 g/mol. The van der Waals surface area contributed by atoms with E-state index in [1.165, 1.54) is 6.92 Å². The molecule has 0 N–H and O–H groups in total. The molecular formula is C7H13NO5. The van der Waals surface area contributed by atoms with E-state index in [-0.39, 0.29) is 12.2 Å². The molecule has 0 spiro atoms. The van der Waals surface area contributed by atoms with Crippen molar-refractivity contribution >= 4 is 11.8 Å². The normalized spacial score (nSPS) is 7.92. The number of esters is 1. The molecule has 0 amide bonds. The van der Waals surface area contributed by atoms with Crippen LogP contribution in [0, 0.1) is 10.1 Å². The number of Topliss-reactive ketones (excluding diaryl/α,β-unsaturated/α-hetero) is 1. The fourth-order valence-electron chi connectivity index (χ4n) is 0.415. The number of carbonyl (C=O) groups excluding carboxylic acids is 2. The fraction of sp³-hybridized carbons (Fsp3) is 0.714. The number of ether oxygens (including phenoxy) is 1. The van der Waals surface area contributed by atoms with Gasteiger partial charge in [0.25, 0.3) is 0 Å². The van der Waals surface area contributed by atoms with Crippen molar-refractivity contribution in [2.45, 2.75) is 20.3 Å². The first kappa shape index (κ1) is 14.1. The minimum Gasteiger partial charge on any atom is -0.466 e. The lowest BCUT2D eigenvalue weighted by molar-refractivity contribution is -0.445. The van der Waals surface area contributed by atoms with Crippen LogP contribution in [0.2, 0.25) is 0 Å². The molecule has 6 heteroatoms. The Bertz CT molecular complexity index is 185. The standard InChI is InChI=1S/C6H10O3.CH3NO2/c1-3-9-6(8)4-5(2)7;1-2(3)4/h3-4H2,1-2H3;1H3. The van der Waals surface area contributed by atoms with Gasteiger partial charge < -0.3 is 4.74 Å². The second kappa shape index (κ2) is 8.63. The third-order valence-electron chi connectivity index (χ3n) is 0.699. The van der Waals surface area contributed by atoms with Gasteiger partial charge in [0.05, 0.1) is 6.61 Å². The Labute approximate surface area is 76.0 Å². The minimum absolute atomic E-state index is 0.103. The summed E-state index contributed by atoms with van der Waals surface area (Å²) in [5.41, 5.74) is 0. The summed E-state index contributed by atoms with van der Waals surface area (Å²) >= 11 is 0. The Morgan fingerprint density at radius 2 is 1.85 bits per heavy atom. The topological polar surface area (TPSA) is 86.5 Å². The van der Waals surface area contributed by atoms with E-state index >= 15 is 0 Å². The van der Waals surface area contributed by atoms with Crippen LogP contribution in [0.1, 0.15) is 20.3 Å². The van der Waals surface area contributed by atoms with Gasteiger partial charge in [0.2, 0.25) is 0 Å². The van der Waals surface area contributed by atoms with Gasteiger partial charge in [-0.15, -0.1) is 0 Å². The molecule has 0 aromatic carbocycles. The Kier molecular flexibility index (Phi) is 9.36. The molecule has 0 saturated heterocycles. The number of rotatable bonds is 3. The second-order valence-electron chi connectivity index (χ2n) is 2.12. The van der Waals surface area contributed by atoms with Crippen LogP contribution >= 0.6 is 0 Å². The van der Waals surface area contributed by atoms with Crippen molar-refractivity contribution in [3.8, 4) is 0 Å². The molecule has 13 heavy (non-hydrogen) atoms. The Balaban J connectivity index is 0. The highest BCUT2D eigenvalue weighted by atomic mass is 16.6. The van der Waals surface area contributed by atoms with Gasteiger partial charge in [-0.2, -0.15) is 0 Å². The molecule has 0 aromatic rings. The maximum absolute atomic E-state index is 10.4. The van der Waals surface area contributed by atoms with Gasteiger partial charge in [-0.3, -0.25) is 19.7 Å². The van der Waals surface area contributed by atoms with Crippen LogP contribution < -0.4 is 0 Å². The van der Waals surface area contributed by atoms with Gasteiger partial charge in [0.1, 0.15) is 12.2 Å². The highest BCUT2D eigenvalue weighted by Crippen LogP contribution is 1.86. The minimum atomic E-state index is -0.500. The highest BCUT2D eigenvalue weighted by molar-refractivity contribution is 5.94. The third kappa shape index (κ3) is 25.0. The van der Waals surface area contributed by atoms with Crippen LogP contribution in [0.3, 0.4) is 0 Å². The zero-order chi connectivity index (χ0) is 10.9. The van der Waals surface area contributed by atoms with Crippen molar-refractivity contribution < 1.29 is 19.2 Å². The molecule has 0 atom stereocenters.